The van der Waals surface area contributed by atoms with Gasteiger partial charge in [-0.3, -0.25) is 0 Å². The lowest BCUT2D eigenvalue weighted by molar-refractivity contribution is 0.333. The van der Waals surface area contributed by atoms with Crippen molar-refractivity contribution in [3.8, 4) is 5.75 Å². The number of benzene rings is 1. The molecule has 1 aliphatic heterocycles. The van der Waals surface area contributed by atoms with Crippen molar-refractivity contribution >= 4 is 12.4 Å². The second-order valence-corrected chi connectivity index (χ2v) is 2.46. The summed E-state index contributed by atoms with van der Waals surface area (Å²) in [5.74, 6) is 0.940. The van der Waals surface area contributed by atoms with Gasteiger partial charge in [-0.05, 0) is 6.07 Å². The first-order valence-electron chi connectivity index (χ1n) is 3.35. The fourth-order valence-corrected chi connectivity index (χ4v) is 1.19. The Morgan fingerprint density at radius 3 is 2.82 bits per heavy atom. The van der Waals surface area contributed by atoms with Crippen LogP contribution in [-0.4, -0.2) is 6.61 Å². The molecule has 0 amide bonds. The molecule has 1 aromatic rings. The molecule has 2 nitrogen and oxygen atoms in total. The largest absolute Gasteiger partial charge is 0.491 e. The molecule has 3 heteroatoms. The number of ether oxygens (including phenoxy) is 1. The van der Waals surface area contributed by atoms with Crippen LogP contribution in [0.2, 0.25) is 0 Å². The van der Waals surface area contributed by atoms with Crippen LogP contribution in [0.5, 0.6) is 5.75 Å². The lowest BCUT2D eigenvalue weighted by Gasteiger charge is -1.96. The molecule has 0 aliphatic carbocycles. The highest BCUT2D eigenvalue weighted by Crippen LogP contribution is 2.29. The summed E-state index contributed by atoms with van der Waals surface area (Å²) in [6.45, 7) is 0.624. The van der Waals surface area contributed by atoms with Crippen molar-refractivity contribution in [2.45, 2.75) is 6.04 Å². The monoisotopic (exact) mass is 171 g/mol. The van der Waals surface area contributed by atoms with Crippen molar-refractivity contribution in [3.63, 3.8) is 0 Å². The Morgan fingerprint density at radius 1 is 1.36 bits per heavy atom. The molecule has 0 radical (unpaired) electrons. The minimum Gasteiger partial charge on any atom is -0.491 e. The van der Waals surface area contributed by atoms with Gasteiger partial charge >= 0.3 is 0 Å². The van der Waals surface area contributed by atoms with Crippen molar-refractivity contribution in [1.29, 1.82) is 0 Å². The maximum Gasteiger partial charge on any atom is 0.124 e. The highest BCUT2D eigenvalue weighted by Gasteiger charge is 2.18. The zero-order chi connectivity index (χ0) is 6.97. The molecular weight excluding hydrogens is 162 g/mol. The zero-order valence-electron chi connectivity index (χ0n) is 5.99. The summed E-state index contributed by atoms with van der Waals surface area (Å²) in [6, 6.07) is 7.97. The second-order valence-electron chi connectivity index (χ2n) is 2.46. The van der Waals surface area contributed by atoms with Gasteiger partial charge in [0.2, 0.25) is 0 Å². The Hall–Kier alpha value is -0.730. The van der Waals surface area contributed by atoms with Crippen LogP contribution in [0.4, 0.5) is 0 Å². The van der Waals surface area contributed by atoms with E-state index in [1.165, 1.54) is 0 Å². The van der Waals surface area contributed by atoms with E-state index in [0.717, 1.165) is 11.3 Å². The van der Waals surface area contributed by atoms with Crippen molar-refractivity contribution in [3.05, 3.63) is 29.8 Å². The van der Waals surface area contributed by atoms with Crippen molar-refractivity contribution in [2.75, 3.05) is 6.61 Å². The third-order valence-corrected chi connectivity index (χ3v) is 1.74. The van der Waals surface area contributed by atoms with Gasteiger partial charge < -0.3 is 10.5 Å². The van der Waals surface area contributed by atoms with Crippen molar-refractivity contribution < 1.29 is 4.74 Å². The smallest absolute Gasteiger partial charge is 0.124 e. The van der Waals surface area contributed by atoms with E-state index < -0.39 is 0 Å². The van der Waals surface area contributed by atoms with E-state index in [9.17, 15) is 0 Å². The quantitative estimate of drug-likeness (QED) is 0.642. The van der Waals surface area contributed by atoms with E-state index in [1.54, 1.807) is 0 Å². The van der Waals surface area contributed by atoms with Gasteiger partial charge in [0, 0.05) is 5.56 Å². The zero-order valence-corrected chi connectivity index (χ0v) is 6.80. The van der Waals surface area contributed by atoms with Crippen LogP contribution in [0.1, 0.15) is 11.6 Å². The lowest BCUT2D eigenvalue weighted by atomic mass is 10.1. The fraction of sp³-hybridized carbons (Fsp3) is 0.250. The summed E-state index contributed by atoms with van der Waals surface area (Å²) >= 11 is 0. The molecule has 2 rings (SSSR count). The Morgan fingerprint density at radius 2 is 2.09 bits per heavy atom. The van der Waals surface area contributed by atoms with E-state index in [1.807, 2.05) is 24.3 Å². The van der Waals surface area contributed by atoms with E-state index in [-0.39, 0.29) is 18.4 Å². The Bertz CT molecular complexity index is 252. The van der Waals surface area contributed by atoms with Gasteiger partial charge in [0.1, 0.15) is 12.4 Å². The first-order chi connectivity index (χ1) is 4.88. The van der Waals surface area contributed by atoms with Gasteiger partial charge in [-0.15, -0.1) is 12.4 Å². The molecule has 0 spiro atoms. The van der Waals surface area contributed by atoms with Gasteiger partial charge in [0.05, 0.1) is 6.04 Å². The summed E-state index contributed by atoms with van der Waals surface area (Å²) in [5.41, 5.74) is 6.85. The highest BCUT2D eigenvalue weighted by molar-refractivity contribution is 5.85. The number of halogens is 1. The van der Waals surface area contributed by atoms with Crippen LogP contribution in [0.25, 0.3) is 0 Å². The predicted molar refractivity (Wildman–Crippen MR) is 46.1 cm³/mol. The van der Waals surface area contributed by atoms with Crippen LogP contribution in [0, 0.1) is 0 Å². The second kappa shape index (κ2) is 3.11. The van der Waals surface area contributed by atoms with Gasteiger partial charge in [-0.2, -0.15) is 0 Å². The van der Waals surface area contributed by atoms with Crippen LogP contribution in [-0.2, 0) is 0 Å². The normalized spacial score (nSPS) is 19.9. The number of para-hydroxylation sites is 1. The molecule has 1 atom stereocenters. The topological polar surface area (TPSA) is 35.2 Å². The maximum absolute atomic E-state index is 5.72. The van der Waals surface area contributed by atoms with Gasteiger partial charge in [-0.25, -0.2) is 0 Å². The van der Waals surface area contributed by atoms with E-state index in [0.29, 0.717) is 6.61 Å². The summed E-state index contributed by atoms with van der Waals surface area (Å²) in [5, 5.41) is 0. The SMILES string of the molecule is Cl.N[C@@H]1COc2ccccc21. The Labute approximate surface area is 71.8 Å². The molecule has 60 valence electrons. The Balaban J connectivity index is 0.000000605. The minimum atomic E-state index is 0. The third-order valence-electron chi connectivity index (χ3n) is 1.74. The van der Waals surface area contributed by atoms with Crippen LogP contribution in [0.3, 0.4) is 0 Å². The third kappa shape index (κ3) is 1.32. The standard InChI is InChI=1S/C8H9NO.ClH/c9-7-5-10-8-4-2-1-3-6(7)8;/h1-4,7H,5,9H2;1H/t7-;/m1./s1. The molecule has 0 saturated carbocycles. The molecule has 1 aromatic carbocycles. The summed E-state index contributed by atoms with van der Waals surface area (Å²) < 4.78 is 5.29. The Kier molecular flexibility index (Phi) is 2.37. The number of fused-ring (bicyclic) bond motifs is 1. The van der Waals surface area contributed by atoms with Crippen LogP contribution in [0.15, 0.2) is 24.3 Å². The number of hydrogen-bond acceptors (Lipinski definition) is 2. The van der Waals surface area contributed by atoms with E-state index in [2.05, 4.69) is 0 Å². The van der Waals surface area contributed by atoms with Crippen LogP contribution >= 0.6 is 12.4 Å². The number of rotatable bonds is 0. The van der Waals surface area contributed by atoms with Crippen LogP contribution < -0.4 is 10.5 Å². The molecule has 0 fully saturated rings. The van der Waals surface area contributed by atoms with E-state index >= 15 is 0 Å². The molecule has 0 unspecified atom stereocenters. The molecule has 0 aromatic heterocycles. The summed E-state index contributed by atoms with van der Waals surface area (Å²) in [6.07, 6.45) is 0. The number of hydrogen-bond donors (Lipinski definition) is 1. The summed E-state index contributed by atoms with van der Waals surface area (Å²) in [7, 11) is 0. The molecule has 11 heavy (non-hydrogen) atoms. The average Bonchev–Trinajstić information content (AvgIpc) is 2.34. The molecule has 0 saturated heterocycles. The number of nitrogens with two attached hydrogens (primary N) is 1. The minimum absolute atomic E-state index is 0. The fourth-order valence-electron chi connectivity index (χ4n) is 1.19. The molecule has 2 N–H and O–H groups in total. The van der Waals surface area contributed by atoms with E-state index in [4.69, 9.17) is 10.5 Å². The highest BCUT2D eigenvalue weighted by atomic mass is 35.5. The first-order valence-corrected chi connectivity index (χ1v) is 3.35. The van der Waals surface area contributed by atoms with Crippen molar-refractivity contribution in [2.24, 2.45) is 5.73 Å². The van der Waals surface area contributed by atoms with Gasteiger partial charge in [0.15, 0.2) is 0 Å². The predicted octanol–water partition coefficient (Wildman–Crippen LogP) is 1.50. The van der Waals surface area contributed by atoms with Gasteiger partial charge in [-0.1, -0.05) is 18.2 Å². The first kappa shape index (κ1) is 8.37. The average molecular weight is 172 g/mol. The molecule has 0 bridgehead atoms. The lowest BCUT2D eigenvalue weighted by Crippen LogP contribution is -2.10. The molecular formula is C8H10ClNO. The van der Waals surface area contributed by atoms with Crippen molar-refractivity contribution in [1.82, 2.24) is 0 Å². The maximum atomic E-state index is 5.72. The van der Waals surface area contributed by atoms with Gasteiger partial charge in [0.25, 0.3) is 0 Å². The summed E-state index contributed by atoms with van der Waals surface area (Å²) in [4.78, 5) is 0. The molecule has 1 aliphatic rings. The molecule has 1 heterocycles.